The van der Waals surface area contributed by atoms with Crippen molar-refractivity contribution < 1.29 is 24.0 Å². The lowest BCUT2D eigenvalue weighted by molar-refractivity contribution is -0.141. The Labute approximate surface area is 359 Å². The van der Waals surface area contributed by atoms with Crippen molar-refractivity contribution in [2.24, 2.45) is 11.5 Å². The average molecular weight is 832 g/mol. The zero-order valence-electron chi connectivity index (χ0n) is 37.9. The van der Waals surface area contributed by atoms with Crippen molar-refractivity contribution in [3.05, 3.63) is 0 Å². The highest BCUT2D eigenvalue weighted by atomic mass is 16.2. The molecule has 0 aromatic heterocycles. The monoisotopic (exact) mass is 832 g/mol. The van der Waals surface area contributed by atoms with Gasteiger partial charge < -0.3 is 36.8 Å². The SMILES string of the molecule is CCCCCCCCCCCC(=O)N1CCCC1C(=O)NCCCCC(NC(=O)C1CCCN1C(=O)CCCCCCCCCCC)C(=O)N(CCCN)CCCCN. The predicted octanol–water partition coefficient (Wildman–Crippen LogP) is 7.50. The van der Waals surface area contributed by atoms with Gasteiger partial charge in [-0.25, -0.2) is 0 Å². The van der Waals surface area contributed by atoms with Crippen LogP contribution in [0.1, 0.15) is 206 Å². The molecule has 2 rings (SSSR count). The molecule has 3 atom stereocenters. The molecule has 6 N–H and O–H groups in total. The normalized spacial score (nSPS) is 17.0. The molecule has 0 spiro atoms. The first-order chi connectivity index (χ1) is 28.8. The Kier molecular flexibility index (Phi) is 30.1. The maximum absolute atomic E-state index is 14.1. The maximum atomic E-state index is 14.1. The lowest BCUT2D eigenvalue weighted by atomic mass is 10.1. The molecule has 2 heterocycles. The van der Waals surface area contributed by atoms with Crippen LogP contribution in [0, 0.1) is 0 Å². The summed E-state index contributed by atoms with van der Waals surface area (Å²) >= 11 is 0. The first-order valence-electron chi connectivity index (χ1n) is 24.6. The second-order valence-corrected chi connectivity index (χ2v) is 17.5. The highest BCUT2D eigenvalue weighted by Gasteiger charge is 2.37. The number of nitrogens with two attached hydrogens (primary N) is 2. The fraction of sp³-hybridized carbons (Fsp3) is 0.894. The van der Waals surface area contributed by atoms with Crippen molar-refractivity contribution in [2.75, 3.05) is 45.8 Å². The number of rotatable bonds is 36. The molecule has 0 aromatic carbocycles. The standard InChI is InChI=1S/C47H89N7O5/c1-3-5-7-9-11-13-15-17-19-31-43(55)53-38-25-29-41(53)45(57)50-35-23-21-28-40(47(59)52(37-27-34-49)36-24-22-33-48)51-46(58)42-30-26-39-54(42)44(56)32-20-18-16-14-12-10-8-6-4-2/h40-42H,3-39,48-49H2,1-2H3,(H,50,57)(H,51,58). The molecule has 0 aromatic rings. The summed E-state index contributed by atoms with van der Waals surface area (Å²) in [5.41, 5.74) is 11.6. The summed E-state index contributed by atoms with van der Waals surface area (Å²) in [7, 11) is 0. The molecule has 342 valence electrons. The van der Waals surface area contributed by atoms with Gasteiger partial charge in [0.05, 0.1) is 0 Å². The van der Waals surface area contributed by atoms with Crippen LogP contribution in [0.5, 0.6) is 0 Å². The first kappa shape index (κ1) is 52.4. The van der Waals surface area contributed by atoms with E-state index in [0.717, 1.165) is 64.2 Å². The number of likely N-dealkylation sites (tertiary alicyclic amines) is 2. The van der Waals surface area contributed by atoms with E-state index < -0.39 is 18.1 Å². The van der Waals surface area contributed by atoms with E-state index in [0.29, 0.717) is 97.2 Å². The molecular formula is C47H89N7O5. The molecule has 5 amide bonds. The number of carbonyl (C=O) groups excluding carboxylic acids is 5. The van der Waals surface area contributed by atoms with Crippen LogP contribution in [0.4, 0.5) is 0 Å². The molecule has 2 fully saturated rings. The van der Waals surface area contributed by atoms with E-state index in [-0.39, 0.29) is 29.5 Å². The largest absolute Gasteiger partial charge is 0.354 e. The quantitative estimate of drug-likeness (QED) is 0.0474. The highest BCUT2D eigenvalue weighted by molar-refractivity contribution is 5.92. The van der Waals surface area contributed by atoms with E-state index in [1.165, 1.54) is 77.0 Å². The Morgan fingerprint density at radius 3 is 1.51 bits per heavy atom. The molecule has 12 nitrogen and oxygen atoms in total. The van der Waals surface area contributed by atoms with E-state index in [4.69, 9.17) is 11.5 Å². The zero-order valence-corrected chi connectivity index (χ0v) is 37.9. The molecule has 2 saturated heterocycles. The molecule has 2 aliphatic rings. The van der Waals surface area contributed by atoms with Crippen LogP contribution in [0.25, 0.3) is 0 Å². The number of unbranched alkanes of at least 4 members (excludes halogenated alkanes) is 18. The van der Waals surface area contributed by atoms with E-state index in [9.17, 15) is 24.0 Å². The van der Waals surface area contributed by atoms with Gasteiger partial charge in [0.25, 0.3) is 0 Å². The molecule has 59 heavy (non-hydrogen) atoms. The number of nitrogens with one attached hydrogen (secondary N) is 2. The van der Waals surface area contributed by atoms with E-state index in [1.54, 1.807) is 14.7 Å². The lowest BCUT2D eigenvalue weighted by Crippen LogP contribution is -2.54. The molecule has 0 bridgehead atoms. The van der Waals surface area contributed by atoms with Crippen molar-refractivity contribution >= 4 is 29.5 Å². The van der Waals surface area contributed by atoms with Crippen molar-refractivity contribution in [3.63, 3.8) is 0 Å². The molecule has 2 aliphatic heterocycles. The van der Waals surface area contributed by atoms with Gasteiger partial charge in [-0.2, -0.15) is 0 Å². The Morgan fingerprint density at radius 2 is 1.02 bits per heavy atom. The van der Waals surface area contributed by atoms with Gasteiger partial charge in [-0.05, 0) is 90.1 Å². The number of nitrogens with zero attached hydrogens (tertiary/aromatic N) is 3. The van der Waals surface area contributed by atoms with Gasteiger partial charge >= 0.3 is 0 Å². The van der Waals surface area contributed by atoms with Crippen molar-refractivity contribution in [3.8, 4) is 0 Å². The first-order valence-corrected chi connectivity index (χ1v) is 24.6. The third-order valence-corrected chi connectivity index (χ3v) is 12.4. The predicted molar refractivity (Wildman–Crippen MR) is 240 cm³/mol. The van der Waals surface area contributed by atoms with E-state index in [1.807, 2.05) is 0 Å². The van der Waals surface area contributed by atoms with Crippen molar-refractivity contribution in [1.82, 2.24) is 25.3 Å². The Hall–Kier alpha value is -2.73. The number of carbonyl (C=O) groups is 5. The molecular weight excluding hydrogens is 743 g/mol. The third-order valence-electron chi connectivity index (χ3n) is 12.4. The smallest absolute Gasteiger partial charge is 0.245 e. The van der Waals surface area contributed by atoms with Crippen LogP contribution in [-0.2, 0) is 24.0 Å². The summed E-state index contributed by atoms with van der Waals surface area (Å²) in [6.07, 6.45) is 29.1. The molecule has 0 saturated carbocycles. The molecule has 12 heteroatoms. The average Bonchev–Trinajstić information content (AvgIpc) is 3.94. The summed E-state index contributed by atoms with van der Waals surface area (Å²) in [6, 6.07) is -1.73. The fourth-order valence-corrected chi connectivity index (χ4v) is 8.75. The van der Waals surface area contributed by atoms with Gasteiger partial charge in [0.1, 0.15) is 18.1 Å². The fourth-order valence-electron chi connectivity index (χ4n) is 8.75. The summed E-state index contributed by atoms with van der Waals surface area (Å²) in [4.78, 5) is 72.9. The van der Waals surface area contributed by atoms with Crippen LogP contribution < -0.4 is 22.1 Å². The second kappa shape index (κ2) is 33.9. The zero-order chi connectivity index (χ0) is 42.9. The molecule has 3 unspecified atom stereocenters. The van der Waals surface area contributed by atoms with Crippen LogP contribution in [0.2, 0.25) is 0 Å². The van der Waals surface area contributed by atoms with Gasteiger partial charge in [0.2, 0.25) is 29.5 Å². The minimum atomic E-state index is -0.743. The Morgan fingerprint density at radius 1 is 0.559 bits per heavy atom. The van der Waals surface area contributed by atoms with Gasteiger partial charge in [-0.15, -0.1) is 0 Å². The van der Waals surface area contributed by atoms with Crippen LogP contribution in [0.3, 0.4) is 0 Å². The summed E-state index contributed by atoms with van der Waals surface area (Å²) in [5.74, 6) is -0.389. The van der Waals surface area contributed by atoms with Crippen LogP contribution in [-0.4, -0.2) is 108 Å². The van der Waals surface area contributed by atoms with Crippen LogP contribution in [0.15, 0.2) is 0 Å². The lowest BCUT2D eigenvalue weighted by Gasteiger charge is -2.30. The summed E-state index contributed by atoms with van der Waals surface area (Å²) in [5, 5.41) is 6.14. The third kappa shape index (κ3) is 22.1. The van der Waals surface area contributed by atoms with E-state index >= 15 is 0 Å². The highest BCUT2D eigenvalue weighted by Crippen LogP contribution is 2.22. The summed E-state index contributed by atoms with van der Waals surface area (Å²) in [6.45, 7) is 8.14. The molecule has 0 aliphatic carbocycles. The minimum absolute atomic E-state index is 0.0293. The van der Waals surface area contributed by atoms with Gasteiger partial charge in [-0.3, -0.25) is 24.0 Å². The van der Waals surface area contributed by atoms with Crippen LogP contribution >= 0.6 is 0 Å². The number of amides is 5. The van der Waals surface area contributed by atoms with E-state index in [2.05, 4.69) is 24.5 Å². The Bertz CT molecular complexity index is 1160. The number of hydrogen-bond acceptors (Lipinski definition) is 7. The van der Waals surface area contributed by atoms with Gasteiger partial charge in [-0.1, -0.05) is 117 Å². The second-order valence-electron chi connectivity index (χ2n) is 17.5. The summed E-state index contributed by atoms with van der Waals surface area (Å²) < 4.78 is 0. The molecule has 0 radical (unpaired) electrons. The van der Waals surface area contributed by atoms with Crippen molar-refractivity contribution in [2.45, 2.75) is 225 Å². The number of hydrogen-bond donors (Lipinski definition) is 4. The van der Waals surface area contributed by atoms with Crippen molar-refractivity contribution in [1.29, 1.82) is 0 Å². The Balaban J connectivity index is 1.89. The maximum Gasteiger partial charge on any atom is 0.245 e. The van der Waals surface area contributed by atoms with Gasteiger partial charge in [0.15, 0.2) is 0 Å². The minimum Gasteiger partial charge on any atom is -0.354 e. The van der Waals surface area contributed by atoms with Gasteiger partial charge in [0, 0.05) is 45.6 Å². The topological polar surface area (TPSA) is 171 Å².